The van der Waals surface area contributed by atoms with Gasteiger partial charge < -0.3 is 14.6 Å². The second kappa shape index (κ2) is 6.54. The van der Waals surface area contributed by atoms with Crippen molar-refractivity contribution in [2.75, 3.05) is 13.7 Å². The highest BCUT2D eigenvalue weighted by Crippen LogP contribution is 2.18. The smallest absolute Gasteiger partial charge is 0.287 e. The number of methoxy groups -OCH3 is 1. The molecular weight excluding hydrogens is 278 g/mol. The van der Waals surface area contributed by atoms with Gasteiger partial charge in [0, 0.05) is 38.1 Å². The van der Waals surface area contributed by atoms with Crippen molar-refractivity contribution in [1.82, 2.24) is 14.9 Å². The van der Waals surface area contributed by atoms with E-state index < -0.39 is 0 Å². The van der Waals surface area contributed by atoms with Crippen LogP contribution in [0.1, 0.15) is 22.3 Å². The molecule has 0 unspecified atom stereocenters. The number of ether oxygens (including phenoxy) is 1. The fraction of sp³-hybridized carbons (Fsp3) is 0.286. The van der Waals surface area contributed by atoms with Crippen LogP contribution in [-0.4, -0.2) is 29.1 Å². The molecule has 0 aliphatic heterocycles. The van der Waals surface area contributed by atoms with Gasteiger partial charge in [0.05, 0.1) is 6.10 Å². The van der Waals surface area contributed by atoms with E-state index in [-0.39, 0.29) is 12.0 Å². The molecular formula is C14H16ClN3O2. The summed E-state index contributed by atoms with van der Waals surface area (Å²) in [6, 6.07) is 7.35. The van der Waals surface area contributed by atoms with Gasteiger partial charge in [0.25, 0.3) is 5.91 Å². The van der Waals surface area contributed by atoms with E-state index in [9.17, 15) is 4.79 Å². The average Bonchev–Trinajstić information content (AvgIpc) is 2.87. The van der Waals surface area contributed by atoms with Gasteiger partial charge in [-0.3, -0.25) is 4.79 Å². The van der Waals surface area contributed by atoms with Crippen molar-refractivity contribution < 1.29 is 9.53 Å². The quantitative estimate of drug-likeness (QED) is 0.919. The first-order chi connectivity index (χ1) is 9.61. The first-order valence-electron chi connectivity index (χ1n) is 6.15. The number of rotatable bonds is 5. The van der Waals surface area contributed by atoms with Crippen LogP contribution in [0.5, 0.6) is 0 Å². The second-order valence-corrected chi connectivity index (χ2v) is 4.78. The van der Waals surface area contributed by atoms with Gasteiger partial charge in [0.1, 0.15) is 0 Å². The summed E-state index contributed by atoms with van der Waals surface area (Å²) in [4.78, 5) is 16.0. The first-order valence-corrected chi connectivity index (χ1v) is 6.53. The van der Waals surface area contributed by atoms with Gasteiger partial charge in [-0.05, 0) is 17.7 Å². The Bertz CT molecular complexity index is 580. The number of nitrogens with zero attached hydrogens (tertiary/aromatic N) is 2. The van der Waals surface area contributed by atoms with Crippen LogP contribution in [0.15, 0.2) is 36.7 Å². The number of aryl methyl sites for hydroxylation is 1. The normalized spacial score (nSPS) is 12.2. The number of nitrogens with one attached hydrogen (secondary N) is 1. The number of halogens is 1. The summed E-state index contributed by atoms with van der Waals surface area (Å²) in [5.74, 6) is 0.143. The molecule has 6 heteroatoms. The molecule has 0 saturated carbocycles. The SMILES string of the molecule is CO[C@H](CNC(=O)c1nccn1C)c1ccc(Cl)cc1. The molecule has 1 amide bonds. The fourth-order valence-electron chi connectivity index (χ4n) is 1.86. The molecule has 2 rings (SSSR count). The predicted molar refractivity (Wildman–Crippen MR) is 76.7 cm³/mol. The Balaban J connectivity index is 1.99. The number of carbonyl (C=O) groups excluding carboxylic acids is 1. The average molecular weight is 294 g/mol. The molecule has 5 nitrogen and oxygen atoms in total. The van der Waals surface area contributed by atoms with E-state index in [1.165, 1.54) is 0 Å². The Morgan fingerprint density at radius 3 is 2.70 bits per heavy atom. The van der Waals surface area contributed by atoms with Crippen LogP contribution in [0.3, 0.4) is 0 Å². The third-order valence-corrected chi connectivity index (χ3v) is 3.25. The van der Waals surface area contributed by atoms with Crippen LogP contribution in [0, 0.1) is 0 Å². The third kappa shape index (κ3) is 3.37. The highest BCUT2D eigenvalue weighted by Gasteiger charge is 2.15. The van der Waals surface area contributed by atoms with Gasteiger partial charge in [-0.1, -0.05) is 23.7 Å². The van der Waals surface area contributed by atoms with Crippen LogP contribution in [0.25, 0.3) is 0 Å². The van der Waals surface area contributed by atoms with E-state index in [0.717, 1.165) is 5.56 Å². The van der Waals surface area contributed by atoms with Gasteiger partial charge in [-0.25, -0.2) is 4.98 Å². The summed E-state index contributed by atoms with van der Waals surface area (Å²) in [5, 5.41) is 3.48. The summed E-state index contributed by atoms with van der Waals surface area (Å²) in [5.41, 5.74) is 0.956. The number of benzene rings is 1. The lowest BCUT2D eigenvalue weighted by atomic mass is 10.1. The zero-order valence-electron chi connectivity index (χ0n) is 11.3. The van der Waals surface area contributed by atoms with Crippen molar-refractivity contribution in [3.8, 4) is 0 Å². The van der Waals surface area contributed by atoms with E-state index in [2.05, 4.69) is 10.3 Å². The summed E-state index contributed by atoms with van der Waals surface area (Å²) in [6.07, 6.45) is 3.08. The zero-order chi connectivity index (χ0) is 14.5. The molecule has 0 radical (unpaired) electrons. The highest BCUT2D eigenvalue weighted by molar-refractivity contribution is 6.30. The Morgan fingerprint density at radius 2 is 2.15 bits per heavy atom. The monoisotopic (exact) mass is 293 g/mol. The van der Waals surface area contributed by atoms with Crippen molar-refractivity contribution >= 4 is 17.5 Å². The van der Waals surface area contributed by atoms with Crippen molar-refractivity contribution in [3.63, 3.8) is 0 Å². The molecule has 1 N–H and O–H groups in total. The minimum Gasteiger partial charge on any atom is -0.375 e. The molecule has 0 saturated heterocycles. The predicted octanol–water partition coefficient (Wildman–Crippen LogP) is 2.19. The van der Waals surface area contributed by atoms with E-state index in [1.54, 1.807) is 43.3 Å². The molecule has 1 aromatic heterocycles. The summed E-state index contributed by atoms with van der Waals surface area (Å²) in [7, 11) is 3.38. The number of hydrogen-bond donors (Lipinski definition) is 1. The fourth-order valence-corrected chi connectivity index (χ4v) is 1.99. The molecule has 1 heterocycles. The Hall–Kier alpha value is -1.85. The standard InChI is InChI=1S/C14H16ClN3O2/c1-18-8-7-16-13(18)14(19)17-9-12(20-2)10-3-5-11(15)6-4-10/h3-8,12H,9H2,1-2H3,(H,17,19)/t12-/m1/s1. The van der Waals surface area contributed by atoms with Crippen LogP contribution >= 0.6 is 11.6 Å². The molecule has 0 spiro atoms. The molecule has 106 valence electrons. The Morgan fingerprint density at radius 1 is 1.45 bits per heavy atom. The van der Waals surface area contributed by atoms with Crippen molar-refractivity contribution in [1.29, 1.82) is 0 Å². The van der Waals surface area contributed by atoms with E-state index in [0.29, 0.717) is 17.4 Å². The van der Waals surface area contributed by atoms with Gasteiger partial charge >= 0.3 is 0 Å². The topological polar surface area (TPSA) is 56.1 Å². The number of hydrogen-bond acceptors (Lipinski definition) is 3. The maximum Gasteiger partial charge on any atom is 0.287 e. The molecule has 20 heavy (non-hydrogen) atoms. The molecule has 0 fully saturated rings. The van der Waals surface area contributed by atoms with Crippen molar-refractivity contribution in [3.05, 3.63) is 53.1 Å². The minimum absolute atomic E-state index is 0.225. The molecule has 1 atom stereocenters. The van der Waals surface area contributed by atoms with Gasteiger partial charge in [-0.2, -0.15) is 0 Å². The van der Waals surface area contributed by atoms with Gasteiger partial charge in [0.2, 0.25) is 0 Å². The molecule has 2 aromatic rings. The zero-order valence-corrected chi connectivity index (χ0v) is 12.1. The Labute approximate surface area is 122 Å². The lowest BCUT2D eigenvalue weighted by Gasteiger charge is -2.16. The second-order valence-electron chi connectivity index (χ2n) is 4.35. The maximum atomic E-state index is 12.0. The first kappa shape index (κ1) is 14.6. The Kier molecular flexibility index (Phi) is 4.76. The van der Waals surface area contributed by atoms with Crippen molar-refractivity contribution in [2.45, 2.75) is 6.10 Å². The van der Waals surface area contributed by atoms with Crippen LogP contribution in [-0.2, 0) is 11.8 Å². The summed E-state index contributed by atoms with van der Waals surface area (Å²) in [6.45, 7) is 0.365. The van der Waals surface area contributed by atoms with Crippen LogP contribution < -0.4 is 5.32 Å². The van der Waals surface area contributed by atoms with E-state index >= 15 is 0 Å². The van der Waals surface area contributed by atoms with Gasteiger partial charge in [0.15, 0.2) is 5.82 Å². The molecule has 0 bridgehead atoms. The van der Waals surface area contributed by atoms with Crippen LogP contribution in [0.4, 0.5) is 0 Å². The molecule has 0 aliphatic rings. The summed E-state index contributed by atoms with van der Waals surface area (Å²) >= 11 is 5.85. The van der Waals surface area contributed by atoms with E-state index in [4.69, 9.17) is 16.3 Å². The number of carbonyl (C=O) groups is 1. The highest BCUT2D eigenvalue weighted by atomic mass is 35.5. The maximum absolute atomic E-state index is 12.0. The molecule has 1 aromatic carbocycles. The minimum atomic E-state index is -0.228. The number of imidazole rings is 1. The molecule has 0 aliphatic carbocycles. The lowest BCUT2D eigenvalue weighted by molar-refractivity contribution is 0.0818. The third-order valence-electron chi connectivity index (χ3n) is 3.00. The van der Waals surface area contributed by atoms with Crippen molar-refractivity contribution in [2.24, 2.45) is 7.05 Å². The van der Waals surface area contributed by atoms with Crippen LogP contribution in [0.2, 0.25) is 5.02 Å². The summed E-state index contributed by atoms with van der Waals surface area (Å²) < 4.78 is 7.06. The largest absolute Gasteiger partial charge is 0.375 e. The van der Waals surface area contributed by atoms with E-state index in [1.807, 2.05) is 12.1 Å². The number of aromatic nitrogens is 2. The van der Waals surface area contributed by atoms with Gasteiger partial charge in [-0.15, -0.1) is 0 Å². The lowest BCUT2D eigenvalue weighted by Crippen LogP contribution is -2.30. The number of amides is 1.